The standard InChI is InChI=1S/C15H21FN2O/c1-15(2,3)9-11-18-14(19)17-10-8-12-4-6-13(16)7-5-12/h4-7,9,11H,8,10H2,1-3H3,(H2,17,18,19)/b11-9+. The third kappa shape index (κ3) is 7.24. The van der Waals surface area contributed by atoms with Gasteiger partial charge in [0.2, 0.25) is 0 Å². The number of hydrogen-bond donors (Lipinski definition) is 2. The van der Waals surface area contributed by atoms with Gasteiger partial charge in [-0.15, -0.1) is 0 Å². The molecule has 2 amide bonds. The Morgan fingerprint density at radius 3 is 2.47 bits per heavy atom. The first-order chi connectivity index (χ1) is 8.87. The van der Waals surface area contributed by atoms with Gasteiger partial charge in [-0.1, -0.05) is 39.0 Å². The quantitative estimate of drug-likeness (QED) is 0.861. The molecule has 0 aromatic heterocycles. The van der Waals surface area contributed by atoms with E-state index in [0.29, 0.717) is 13.0 Å². The maximum Gasteiger partial charge on any atom is 0.318 e. The summed E-state index contributed by atoms with van der Waals surface area (Å²) in [6.45, 7) is 6.67. The van der Waals surface area contributed by atoms with Crippen LogP contribution in [0.5, 0.6) is 0 Å². The molecule has 1 aromatic carbocycles. The van der Waals surface area contributed by atoms with Crippen LogP contribution >= 0.6 is 0 Å². The van der Waals surface area contributed by atoms with Crippen molar-refractivity contribution in [3.8, 4) is 0 Å². The highest BCUT2D eigenvalue weighted by Crippen LogP contribution is 2.13. The molecule has 104 valence electrons. The second-order valence-corrected chi connectivity index (χ2v) is 5.48. The summed E-state index contributed by atoms with van der Waals surface area (Å²) >= 11 is 0. The van der Waals surface area contributed by atoms with Gasteiger partial charge in [-0.05, 0) is 29.5 Å². The Balaban J connectivity index is 2.24. The number of halogens is 1. The van der Waals surface area contributed by atoms with Crippen molar-refractivity contribution in [2.45, 2.75) is 27.2 Å². The highest BCUT2D eigenvalue weighted by Gasteiger charge is 2.04. The van der Waals surface area contributed by atoms with Crippen molar-refractivity contribution in [2.75, 3.05) is 6.54 Å². The molecule has 4 heteroatoms. The Hall–Kier alpha value is -1.84. The fourth-order valence-electron chi connectivity index (χ4n) is 1.39. The van der Waals surface area contributed by atoms with Gasteiger partial charge >= 0.3 is 6.03 Å². The van der Waals surface area contributed by atoms with E-state index < -0.39 is 0 Å². The lowest BCUT2D eigenvalue weighted by Crippen LogP contribution is -2.33. The fraction of sp³-hybridized carbons (Fsp3) is 0.400. The maximum absolute atomic E-state index is 12.7. The van der Waals surface area contributed by atoms with Crippen LogP contribution in [0.25, 0.3) is 0 Å². The molecule has 19 heavy (non-hydrogen) atoms. The van der Waals surface area contributed by atoms with Crippen molar-refractivity contribution in [3.63, 3.8) is 0 Å². The van der Waals surface area contributed by atoms with Gasteiger partial charge in [-0.25, -0.2) is 9.18 Å². The Bertz CT molecular complexity index is 432. The number of carbonyl (C=O) groups is 1. The molecule has 0 atom stereocenters. The minimum absolute atomic E-state index is 0.0430. The molecule has 0 aliphatic heterocycles. The molecule has 2 N–H and O–H groups in total. The number of hydrogen-bond acceptors (Lipinski definition) is 1. The normalized spacial score (nSPS) is 11.6. The fourth-order valence-corrected chi connectivity index (χ4v) is 1.39. The lowest BCUT2D eigenvalue weighted by Gasteiger charge is -2.11. The molecular weight excluding hydrogens is 243 g/mol. The van der Waals surface area contributed by atoms with E-state index in [1.807, 2.05) is 6.08 Å². The van der Waals surface area contributed by atoms with Crippen molar-refractivity contribution in [2.24, 2.45) is 5.41 Å². The molecule has 0 saturated heterocycles. The molecule has 0 fully saturated rings. The first-order valence-electron chi connectivity index (χ1n) is 6.33. The summed E-state index contributed by atoms with van der Waals surface area (Å²) in [5.41, 5.74) is 1.04. The minimum Gasteiger partial charge on any atom is -0.338 e. The van der Waals surface area contributed by atoms with Crippen molar-refractivity contribution in [3.05, 3.63) is 47.9 Å². The van der Waals surface area contributed by atoms with E-state index in [2.05, 4.69) is 31.4 Å². The van der Waals surface area contributed by atoms with Crippen LogP contribution in [-0.2, 0) is 6.42 Å². The second-order valence-electron chi connectivity index (χ2n) is 5.48. The highest BCUT2D eigenvalue weighted by atomic mass is 19.1. The summed E-state index contributed by atoms with van der Waals surface area (Å²) in [5, 5.41) is 5.38. The summed E-state index contributed by atoms with van der Waals surface area (Å²) < 4.78 is 12.7. The second kappa shape index (κ2) is 6.92. The van der Waals surface area contributed by atoms with Crippen LogP contribution in [0.15, 0.2) is 36.5 Å². The molecular formula is C15H21FN2O. The molecule has 1 rings (SSSR count). The SMILES string of the molecule is CC(C)(C)/C=C/NC(=O)NCCc1ccc(F)cc1. The van der Waals surface area contributed by atoms with E-state index >= 15 is 0 Å². The zero-order valence-electron chi connectivity index (χ0n) is 11.7. The summed E-state index contributed by atoms with van der Waals surface area (Å²) in [6, 6.07) is 6.04. The third-order valence-corrected chi connectivity index (χ3v) is 2.41. The topological polar surface area (TPSA) is 41.1 Å². The van der Waals surface area contributed by atoms with E-state index in [1.165, 1.54) is 12.1 Å². The molecule has 0 radical (unpaired) electrons. The first kappa shape index (κ1) is 15.2. The Kier molecular flexibility index (Phi) is 5.55. The molecule has 0 aliphatic rings. The van der Waals surface area contributed by atoms with Gasteiger partial charge < -0.3 is 10.6 Å². The van der Waals surface area contributed by atoms with Crippen LogP contribution in [0.3, 0.4) is 0 Å². The summed E-state index contributed by atoms with van der Waals surface area (Å²) in [4.78, 5) is 11.4. The lowest BCUT2D eigenvalue weighted by atomic mass is 9.97. The summed E-state index contributed by atoms with van der Waals surface area (Å²) in [5.74, 6) is -0.248. The smallest absolute Gasteiger partial charge is 0.318 e. The number of benzene rings is 1. The predicted octanol–water partition coefficient (Wildman–Crippen LogP) is 3.23. The average Bonchev–Trinajstić information content (AvgIpc) is 2.30. The highest BCUT2D eigenvalue weighted by molar-refractivity contribution is 5.74. The molecule has 1 aromatic rings. The van der Waals surface area contributed by atoms with Gasteiger partial charge in [-0.3, -0.25) is 0 Å². The van der Waals surface area contributed by atoms with E-state index in [1.54, 1.807) is 18.3 Å². The first-order valence-corrected chi connectivity index (χ1v) is 6.33. The van der Waals surface area contributed by atoms with Crippen LogP contribution in [0.2, 0.25) is 0 Å². The summed E-state index contributed by atoms with van der Waals surface area (Å²) in [6.07, 6.45) is 4.25. The van der Waals surface area contributed by atoms with Gasteiger partial charge in [0, 0.05) is 12.7 Å². The Morgan fingerprint density at radius 2 is 1.89 bits per heavy atom. The Morgan fingerprint density at radius 1 is 1.26 bits per heavy atom. The number of amides is 2. The number of allylic oxidation sites excluding steroid dienone is 1. The van der Waals surface area contributed by atoms with E-state index in [4.69, 9.17) is 0 Å². The molecule has 0 saturated carbocycles. The van der Waals surface area contributed by atoms with Crippen LogP contribution in [0.4, 0.5) is 9.18 Å². The van der Waals surface area contributed by atoms with Crippen molar-refractivity contribution < 1.29 is 9.18 Å². The van der Waals surface area contributed by atoms with Crippen LogP contribution < -0.4 is 10.6 Å². The van der Waals surface area contributed by atoms with Gasteiger partial charge in [0.1, 0.15) is 5.82 Å². The number of nitrogens with one attached hydrogen (secondary N) is 2. The van der Waals surface area contributed by atoms with E-state index in [-0.39, 0.29) is 17.3 Å². The summed E-state index contributed by atoms with van der Waals surface area (Å²) in [7, 11) is 0. The van der Waals surface area contributed by atoms with Gasteiger partial charge in [-0.2, -0.15) is 0 Å². The van der Waals surface area contributed by atoms with E-state index in [9.17, 15) is 9.18 Å². The van der Waals surface area contributed by atoms with Crippen LogP contribution in [0.1, 0.15) is 26.3 Å². The zero-order chi connectivity index (χ0) is 14.3. The van der Waals surface area contributed by atoms with Crippen LogP contribution in [0, 0.1) is 11.2 Å². The van der Waals surface area contributed by atoms with E-state index in [0.717, 1.165) is 5.56 Å². The minimum atomic E-state index is -0.248. The zero-order valence-corrected chi connectivity index (χ0v) is 11.7. The maximum atomic E-state index is 12.7. The third-order valence-electron chi connectivity index (χ3n) is 2.41. The van der Waals surface area contributed by atoms with Gasteiger partial charge in [0.05, 0.1) is 0 Å². The molecule has 0 bridgehead atoms. The molecule has 3 nitrogen and oxygen atoms in total. The van der Waals surface area contributed by atoms with Crippen molar-refractivity contribution in [1.29, 1.82) is 0 Å². The molecule has 0 unspecified atom stereocenters. The molecule has 0 heterocycles. The molecule has 0 aliphatic carbocycles. The van der Waals surface area contributed by atoms with Crippen LogP contribution in [-0.4, -0.2) is 12.6 Å². The monoisotopic (exact) mass is 264 g/mol. The number of carbonyl (C=O) groups excluding carboxylic acids is 1. The number of rotatable bonds is 4. The van der Waals surface area contributed by atoms with Gasteiger partial charge in [0.15, 0.2) is 0 Å². The Labute approximate surface area is 113 Å². The molecule has 0 spiro atoms. The van der Waals surface area contributed by atoms with Crippen molar-refractivity contribution in [1.82, 2.24) is 10.6 Å². The van der Waals surface area contributed by atoms with Gasteiger partial charge in [0.25, 0.3) is 0 Å². The lowest BCUT2D eigenvalue weighted by molar-refractivity contribution is 0.244. The number of urea groups is 1. The van der Waals surface area contributed by atoms with Crippen molar-refractivity contribution >= 4 is 6.03 Å². The largest absolute Gasteiger partial charge is 0.338 e. The predicted molar refractivity (Wildman–Crippen MR) is 75.2 cm³/mol. The average molecular weight is 264 g/mol.